The summed E-state index contributed by atoms with van der Waals surface area (Å²) < 4.78 is 12.0. The normalized spacial score (nSPS) is 14.0. The zero-order chi connectivity index (χ0) is 22.9. The van der Waals surface area contributed by atoms with Crippen molar-refractivity contribution in [3.8, 4) is 11.5 Å². The summed E-state index contributed by atoms with van der Waals surface area (Å²) in [5, 5.41) is 3.75. The molecule has 0 saturated carbocycles. The van der Waals surface area contributed by atoms with E-state index in [1.54, 1.807) is 0 Å². The molecule has 35 heavy (non-hydrogen) atoms. The van der Waals surface area contributed by atoms with Crippen LogP contribution in [0.25, 0.3) is 0 Å². The van der Waals surface area contributed by atoms with E-state index in [4.69, 9.17) is 9.47 Å². The average Bonchev–Trinajstić information content (AvgIpc) is 2.85. The highest BCUT2D eigenvalue weighted by atomic mass is 35.5. The second-order valence-corrected chi connectivity index (χ2v) is 8.91. The van der Waals surface area contributed by atoms with E-state index in [9.17, 15) is 0 Å². The van der Waals surface area contributed by atoms with E-state index in [1.165, 1.54) is 29.5 Å². The number of benzene rings is 3. The first-order valence-electron chi connectivity index (χ1n) is 12.1. The Kier molecular flexibility index (Phi) is 12.4. The highest BCUT2D eigenvalue weighted by molar-refractivity contribution is 5.85. The van der Waals surface area contributed by atoms with Gasteiger partial charge in [0.2, 0.25) is 0 Å². The molecule has 3 aromatic carbocycles. The fourth-order valence-corrected chi connectivity index (χ4v) is 4.29. The number of hydrogen-bond donors (Lipinski definition) is 1. The van der Waals surface area contributed by atoms with Crippen molar-refractivity contribution >= 4 is 24.8 Å². The van der Waals surface area contributed by atoms with E-state index in [2.05, 4.69) is 83.9 Å². The lowest BCUT2D eigenvalue weighted by atomic mass is 10.0. The van der Waals surface area contributed by atoms with Gasteiger partial charge in [-0.3, -0.25) is 4.90 Å². The molecule has 0 atom stereocenters. The van der Waals surface area contributed by atoms with Crippen LogP contribution in [-0.2, 0) is 19.7 Å². The second-order valence-electron chi connectivity index (χ2n) is 8.91. The van der Waals surface area contributed by atoms with Gasteiger partial charge in [0.1, 0.15) is 6.61 Å². The van der Waals surface area contributed by atoms with E-state index in [0.717, 1.165) is 43.2 Å². The molecule has 1 fully saturated rings. The van der Waals surface area contributed by atoms with Crippen molar-refractivity contribution in [3.63, 3.8) is 0 Å². The van der Waals surface area contributed by atoms with Gasteiger partial charge in [-0.15, -0.1) is 24.8 Å². The predicted molar refractivity (Wildman–Crippen MR) is 149 cm³/mol. The van der Waals surface area contributed by atoms with Crippen molar-refractivity contribution in [1.29, 1.82) is 0 Å². The average molecular weight is 518 g/mol. The first-order valence-corrected chi connectivity index (χ1v) is 12.1. The summed E-state index contributed by atoms with van der Waals surface area (Å²) in [6.45, 7) is 9.45. The zero-order valence-corrected chi connectivity index (χ0v) is 22.4. The molecule has 190 valence electrons. The maximum absolute atomic E-state index is 6.07. The summed E-state index contributed by atoms with van der Waals surface area (Å²) in [6, 6.07) is 26.1. The third kappa shape index (κ3) is 9.05. The van der Waals surface area contributed by atoms with Crippen LogP contribution in [0.3, 0.4) is 0 Å². The minimum absolute atomic E-state index is 0. The number of aryl methyl sites for hydroxylation is 1. The van der Waals surface area contributed by atoms with E-state index in [1.807, 2.05) is 13.0 Å². The molecular weight excluding hydrogens is 479 g/mol. The quantitative estimate of drug-likeness (QED) is 0.330. The zero-order valence-electron chi connectivity index (χ0n) is 20.7. The number of likely N-dealkylation sites (tertiary alicyclic amines) is 1. The summed E-state index contributed by atoms with van der Waals surface area (Å²) in [5.74, 6) is 1.62. The number of nitrogens with zero attached hydrogens (tertiary/aromatic N) is 1. The summed E-state index contributed by atoms with van der Waals surface area (Å²) in [4.78, 5) is 2.56. The minimum Gasteiger partial charge on any atom is -0.490 e. The van der Waals surface area contributed by atoms with Crippen LogP contribution in [0.5, 0.6) is 11.5 Å². The van der Waals surface area contributed by atoms with Gasteiger partial charge in [-0.05, 0) is 68.6 Å². The number of hydrogen-bond acceptors (Lipinski definition) is 4. The van der Waals surface area contributed by atoms with Crippen LogP contribution in [0.15, 0.2) is 72.8 Å². The lowest BCUT2D eigenvalue weighted by Gasteiger charge is -2.32. The fraction of sp³-hybridized carbons (Fsp3) is 0.379. The molecule has 0 spiro atoms. The third-order valence-corrected chi connectivity index (χ3v) is 6.25. The first kappa shape index (κ1) is 29.0. The van der Waals surface area contributed by atoms with Crippen molar-refractivity contribution in [3.05, 3.63) is 95.1 Å². The molecule has 6 heteroatoms. The number of piperidine rings is 1. The summed E-state index contributed by atoms with van der Waals surface area (Å²) in [5.41, 5.74) is 5.05. The highest BCUT2D eigenvalue weighted by Gasteiger charge is 2.19. The second kappa shape index (κ2) is 15.0. The van der Waals surface area contributed by atoms with E-state index in [-0.39, 0.29) is 24.8 Å². The van der Waals surface area contributed by atoms with E-state index in [0.29, 0.717) is 19.3 Å². The van der Waals surface area contributed by atoms with Crippen molar-refractivity contribution in [2.45, 2.75) is 52.4 Å². The van der Waals surface area contributed by atoms with Crippen LogP contribution < -0.4 is 14.8 Å². The molecule has 1 aliphatic rings. The molecule has 0 aromatic heterocycles. The third-order valence-electron chi connectivity index (χ3n) is 6.25. The Hall–Kier alpha value is -2.24. The molecule has 1 saturated heterocycles. The van der Waals surface area contributed by atoms with Crippen molar-refractivity contribution in [1.82, 2.24) is 10.2 Å². The molecule has 4 nitrogen and oxygen atoms in total. The molecule has 0 aliphatic carbocycles. The van der Waals surface area contributed by atoms with Gasteiger partial charge in [0.25, 0.3) is 0 Å². The summed E-state index contributed by atoms with van der Waals surface area (Å²) >= 11 is 0. The van der Waals surface area contributed by atoms with E-state index >= 15 is 0 Å². The number of halogens is 2. The van der Waals surface area contributed by atoms with E-state index < -0.39 is 0 Å². The van der Waals surface area contributed by atoms with Crippen LogP contribution in [0.4, 0.5) is 0 Å². The summed E-state index contributed by atoms with van der Waals surface area (Å²) in [6.07, 6.45) is 2.37. The van der Waals surface area contributed by atoms with Crippen molar-refractivity contribution in [2.24, 2.45) is 0 Å². The largest absolute Gasteiger partial charge is 0.490 e. The van der Waals surface area contributed by atoms with Gasteiger partial charge >= 0.3 is 0 Å². The molecule has 1 aliphatic heterocycles. The van der Waals surface area contributed by atoms with Gasteiger partial charge < -0.3 is 14.8 Å². The minimum atomic E-state index is 0. The molecule has 4 rings (SSSR count). The Bertz CT molecular complexity index is 991. The summed E-state index contributed by atoms with van der Waals surface area (Å²) in [7, 11) is 0. The molecule has 1 N–H and O–H groups in total. The number of nitrogens with one attached hydrogen (secondary N) is 1. The first-order chi connectivity index (χ1) is 16.2. The SMILES string of the molecule is CCOc1cc(CNC2CCN(Cc3ccccc3)CC2)ccc1OCc1ccc(C)cc1.Cl.Cl. The Morgan fingerprint density at radius 2 is 1.49 bits per heavy atom. The Balaban J connectivity index is 0.00000216. The molecular formula is C29H38Cl2N2O2. The highest BCUT2D eigenvalue weighted by Crippen LogP contribution is 2.29. The van der Waals surface area contributed by atoms with Gasteiger partial charge in [0, 0.05) is 19.1 Å². The lowest BCUT2D eigenvalue weighted by Crippen LogP contribution is -2.41. The molecule has 0 unspecified atom stereocenters. The number of rotatable bonds is 10. The van der Waals surface area contributed by atoms with Crippen molar-refractivity contribution in [2.75, 3.05) is 19.7 Å². The Morgan fingerprint density at radius 3 is 2.17 bits per heavy atom. The van der Waals surface area contributed by atoms with Gasteiger partial charge in [-0.25, -0.2) is 0 Å². The smallest absolute Gasteiger partial charge is 0.161 e. The van der Waals surface area contributed by atoms with Crippen LogP contribution >= 0.6 is 24.8 Å². The van der Waals surface area contributed by atoms with Gasteiger partial charge in [0.15, 0.2) is 11.5 Å². The van der Waals surface area contributed by atoms with Crippen LogP contribution in [0, 0.1) is 6.92 Å². The van der Waals surface area contributed by atoms with Gasteiger partial charge in [-0.1, -0.05) is 66.2 Å². The maximum atomic E-state index is 6.07. The fourth-order valence-electron chi connectivity index (χ4n) is 4.29. The maximum Gasteiger partial charge on any atom is 0.161 e. The molecule has 0 radical (unpaired) electrons. The number of ether oxygens (including phenoxy) is 2. The van der Waals surface area contributed by atoms with Crippen LogP contribution in [0.2, 0.25) is 0 Å². The van der Waals surface area contributed by atoms with Crippen molar-refractivity contribution < 1.29 is 9.47 Å². The molecule has 0 bridgehead atoms. The predicted octanol–water partition coefficient (Wildman–Crippen LogP) is 6.57. The molecule has 3 aromatic rings. The lowest BCUT2D eigenvalue weighted by molar-refractivity contribution is 0.190. The molecule has 0 amide bonds. The monoisotopic (exact) mass is 516 g/mol. The Labute approximate surface area is 222 Å². The van der Waals surface area contributed by atoms with Crippen LogP contribution in [0.1, 0.15) is 42.0 Å². The van der Waals surface area contributed by atoms with Crippen LogP contribution in [-0.4, -0.2) is 30.6 Å². The standard InChI is InChI=1S/C29H36N2O2.2ClH/c1-3-32-29-19-26(13-14-28(29)33-22-25-11-9-23(2)10-12-25)20-30-27-15-17-31(18-16-27)21-24-7-5-4-6-8-24;;/h4-14,19,27,30H,3,15-18,20-22H2,1-2H3;2*1H. The topological polar surface area (TPSA) is 33.7 Å². The van der Waals surface area contributed by atoms with Gasteiger partial charge in [-0.2, -0.15) is 0 Å². The van der Waals surface area contributed by atoms with Gasteiger partial charge in [0.05, 0.1) is 6.61 Å². The molecule has 1 heterocycles. The Morgan fingerprint density at radius 1 is 0.800 bits per heavy atom.